The fraction of sp³-hybridized carbons (Fsp3) is 0.474. The summed E-state index contributed by atoms with van der Waals surface area (Å²) in [6, 6.07) is 7.85. The molecular formula is C19H26N4O2. The molecule has 1 aliphatic heterocycles. The lowest BCUT2D eigenvalue weighted by molar-refractivity contribution is 0.0540. The molecule has 0 atom stereocenters. The van der Waals surface area contributed by atoms with Gasteiger partial charge in [-0.2, -0.15) is 5.10 Å². The zero-order valence-electron chi connectivity index (χ0n) is 14.9. The maximum absolute atomic E-state index is 13.1. The molecule has 0 aliphatic carbocycles. The smallest absolute Gasteiger partial charge is 0.254 e. The second-order valence-electron chi connectivity index (χ2n) is 6.74. The molecule has 1 aromatic carbocycles. The van der Waals surface area contributed by atoms with Gasteiger partial charge in [0.2, 0.25) is 0 Å². The second-order valence-corrected chi connectivity index (χ2v) is 6.74. The Morgan fingerprint density at radius 2 is 2.04 bits per heavy atom. The minimum absolute atomic E-state index is 0.00524. The summed E-state index contributed by atoms with van der Waals surface area (Å²) < 4.78 is 1.75. The lowest BCUT2D eigenvalue weighted by Gasteiger charge is -2.37. The van der Waals surface area contributed by atoms with Crippen LogP contribution in [-0.4, -0.2) is 69.9 Å². The van der Waals surface area contributed by atoms with Crippen molar-refractivity contribution < 1.29 is 9.90 Å². The fourth-order valence-corrected chi connectivity index (χ4v) is 3.43. The van der Waals surface area contributed by atoms with Crippen LogP contribution in [0.25, 0.3) is 11.1 Å². The van der Waals surface area contributed by atoms with Crippen LogP contribution in [0.3, 0.4) is 0 Å². The SMILES string of the molecule is CN1CCC(N(CCO)C(=O)c2cccc(-c3cnn(C)c3)c2)CC1. The fourth-order valence-electron chi connectivity index (χ4n) is 3.43. The molecule has 1 fully saturated rings. The molecule has 134 valence electrons. The van der Waals surface area contributed by atoms with Gasteiger partial charge in [0.25, 0.3) is 5.91 Å². The molecule has 6 nitrogen and oxygen atoms in total. The van der Waals surface area contributed by atoms with Crippen LogP contribution < -0.4 is 0 Å². The number of piperidine rings is 1. The number of aryl methyl sites for hydroxylation is 1. The standard InChI is InChI=1S/C19H26N4O2/c1-21-8-6-18(7-9-21)23(10-11-24)19(25)16-5-3-4-15(12-16)17-13-20-22(2)14-17/h3-5,12-14,18,24H,6-11H2,1-2H3. The van der Waals surface area contributed by atoms with Crippen LogP contribution in [0.1, 0.15) is 23.2 Å². The van der Waals surface area contributed by atoms with E-state index in [1.54, 1.807) is 10.9 Å². The van der Waals surface area contributed by atoms with Crippen molar-refractivity contribution in [3.05, 3.63) is 42.2 Å². The van der Waals surface area contributed by atoms with Crippen LogP contribution in [0.5, 0.6) is 0 Å². The molecule has 1 N–H and O–H groups in total. The van der Waals surface area contributed by atoms with Gasteiger partial charge in [0.05, 0.1) is 12.8 Å². The Bertz CT molecular complexity index is 720. The topological polar surface area (TPSA) is 61.6 Å². The largest absolute Gasteiger partial charge is 0.395 e. The molecule has 1 amide bonds. The van der Waals surface area contributed by atoms with Gasteiger partial charge < -0.3 is 14.9 Å². The number of carbonyl (C=O) groups excluding carboxylic acids is 1. The third-order valence-corrected chi connectivity index (χ3v) is 4.88. The highest BCUT2D eigenvalue weighted by Gasteiger charge is 2.27. The number of hydrogen-bond acceptors (Lipinski definition) is 4. The Balaban J connectivity index is 1.82. The van der Waals surface area contributed by atoms with Gasteiger partial charge in [-0.15, -0.1) is 0 Å². The number of aliphatic hydroxyl groups excluding tert-OH is 1. The van der Waals surface area contributed by atoms with Gasteiger partial charge in [0.1, 0.15) is 0 Å². The highest BCUT2D eigenvalue weighted by atomic mass is 16.3. The van der Waals surface area contributed by atoms with Gasteiger partial charge in [-0.05, 0) is 50.7 Å². The summed E-state index contributed by atoms with van der Waals surface area (Å²) in [6.45, 7) is 2.33. The van der Waals surface area contributed by atoms with E-state index in [2.05, 4.69) is 17.0 Å². The molecule has 25 heavy (non-hydrogen) atoms. The van der Waals surface area contributed by atoms with Crippen LogP contribution in [0, 0.1) is 0 Å². The average molecular weight is 342 g/mol. The highest BCUT2D eigenvalue weighted by Crippen LogP contribution is 2.22. The van der Waals surface area contributed by atoms with Gasteiger partial charge in [0, 0.05) is 37.0 Å². The monoisotopic (exact) mass is 342 g/mol. The van der Waals surface area contributed by atoms with Gasteiger partial charge in [0.15, 0.2) is 0 Å². The molecule has 0 unspecified atom stereocenters. The third kappa shape index (κ3) is 4.08. The number of rotatable bonds is 5. The van der Waals surface area contributed by atoms with Crippen LogP contribution >= 0.6 is 0 Å². The van der Waals surface area contributed by atoms with Crippen molar-refractivity contribution in [3.8, 4) is 11.1 Å². The normalized spacial score (nSPS) is 16.1. The molecule has 0 saturated carbocycles. The van der Waals surface area contributed by atoms with Gasteiger partial charge in [-0.1, -0.05) is 12.1 Å². The Morgan fingerprint density at radius 1 is 1.28 bits per heavy atom. The number of benzene rings is 1. The molecule has 0 radical (unpaired) electrons. The summed E-state index contributed by atoms with van der Waals surface area (Å²) in [4.78, 5) is 17.2. The summed E-state index contributed by atoms with van der Waals surface area (Å²) in [5, 5.41) is 13.6. The first kappa shape index (κ1) is 17.6. The number of hydrogen-bond donors (Lipinski definition) is 1. The van der Waals surface area contributed by atoms with Crippen LogP contribution in [0.4, 0.5) is 0 Å². The van der Waals surface area contributed by atoms with E-state index < -0.39 is 0 Å². The Kier molecular flexibility index (Phi) is 5.50. The Hall–Kier alpha value is -2.18. The van der Waals surface area contributed by atoms with Crippen molar-refractivity contribution in [2.45, 2.75) is 18.9 Å². The van der Waals surface area contributed by atoms with Crippen molar-refractivity contribution in [1.82, 2.24) is 19.6 Å². The zero-order chi connectivity index (χ0) is 17.8. The van der Waals surface area contributed by atoms with E-state index in [0.717, 1.165) is 37.1 Å². The molecule has 3 rings (SSSR count). The third-order valence-electron chi connectivity index (χ3n) is 4.88. The van der Waals surface area contributed by atoms with E-state index >= 15 is 0 Å². The number of carbonyl (C=O) groups is 1. The van der Waals surface area contributed by atoms with Crippen molar-refractivity contribution in [3.63, 3.8) is 0 Å². The number of likely N-dealkylation sites (tertiary alicyclic amines) is 1. The molecule has 2 aromatic rings. The summed E-state index contributed by atoms with van der Waals surface area (Å²) in [6.07, 6.45) is 5.63. The molecule has 1 aromatic heterocycles. The molecule has 1 saturated heterocycles. The maximum Gasteiger partial charge on any atom is 0.254 e. The average Bonchev–Trinajstić information content (AvgIpc) is 3.07. The lowest BCUT2D eigenvalue weighted by Crippen LogP contribution is -2.47. The first-order chi connectivity index (χ1) is 12.1. The lowest BCUT2D eigenvalue weighted by atomic mass is 10.0. The molecular weight excluding hydrogens is 316 g/mol. The minimum Gasteiger partial charge on any atom is -0.395 e. The maximum atomic E-state index is 13.1. The predicted molar refractivity (Wildman–Crippen MR) is 97.3 cm³/mol. The minimum atomic E-state index is -0.0135. The van der Waals surface area contributed by atoms with Crippen molar-refractivity contribution in [1.29, 1.82) is 0 Å². The first-order valence-electron chi connectivity index (χ1n) is 8.78. The highest BCUT2D eigenvalue weighted by molar-refractivity contribution is 5.95. The number of amides is 1. The molecule has 0 spiro atoms. The predicted octanol–water partition coefficient (Wildman–Crippen LogP) is 1.62. The van der Waals surface area contributed by atoms with Gasteiger partial charge >= 0.3 is 0 Å². The van der Waals surface area contributed by atoms with Crippen molar-refractivity contribution >= 4 is 5.91 Å². The number of aromatic nitrogens is 2. The molecule has 2 heterocycles. The molecule has 0 bridgehead atoms. The summed E-state index contributed by atoms with van der Waals surface area (Å²) >= 11 is 0. The van der Waals surface area contributed by atoms with E-state index in [0.29, 0.717) is 12.1 Å². The van der Waals surface area contributed by atoms with Crippen LogP contribution in [-0.2, 0) is 7.05 Å². The second kappa shape index (κ2) is 7.80. The first-order valence-corrected chi connectivity index (χ1v) is 8.78. The van der Waals surface area contributed by atoms with Crippen molar-refractivity contribution in [2.75, 3.05) is 33.3 Å². The van der Waals surface area contributed by atoms with E-state index in [9.17, 15) is 9.90 Å². The van der Waals surface area contributed by atoms with E-state index in [-0.39, 0.29) is 18.6 Å². The van der Waals surface area contributed by atoms with E-state index in [1.165, 1.54) is 0 Å². The Labute approximate surface area is 148 Å². The Morgan fingerprint density at radius 3 is 2.68 bits per heavy atom. The quantitative estimate of drug-likeness (QED) is 0.897. The van der Waals surface area contributed by atoms with E-state index in [4.69, 9.17) is 0 Å². The number of nitrogens with zero attached hydrogens (tertiary/aromatic N) is 4. The van der Waals surface area contributed by atoms with E-state index in [1.807, 2.05) is 42.4 Å². The molecule has 6 heteroatoms. The summed E-state index contributed by atoms with van der Waals surface area (Å²) in [5.74, 6) is -0.00524. The molecule has 1 aliphatic rings. The summed E-state index contributed by atoms with van der Waals surface area (Å²) in [5.41, 5.74) is 2.63. The van der Waals surface area contributed by atoms with Crippen LogP contribution in [0.15, 0.2) is 36.7 Å². The summed E-state index contributed by atoms with van der Waals surface area (Å²) in [7, 11) is 3.98. The van der Waals surface area contributed by atoms with Crippen LogP contribution in [0.2, 0.25) is 0 Å². The number of aliphatic hydroxyl groups is 1. The van der Waals surface area contributed by atoms with Crippen molar-refractivity contribution in [2.24, 2.45) is 7.05 Å². The zero-order valence-corrected chi connectivity index (χ0v) is 14.9. The van der Waals surface area contributed by atoms with Gasteiger partial charge in [-0.3, -0.25) is 9.48 Å². The van der Waals surface area contributed by atoms with Gasteiger partial charge in [-0.25, -0.2) is 0 Å².